The molecule has 0 saturated carbocycles. The number of aromatic nitrogens is 3. The Kier molecular flexibility index (Phi) is 2.15. The Bertz CT molecular complexity index is 463. The number of rotatable bonds is 1. The average molecular weight is 187 g/mol. The molecular formula is C11H13N3. The highest BCUT2D eigenvalue weighted by atomic mass is 14.9. The molecule has 0 bridgehead atoms. The van der Waals surface area contributed by atoms with Crippen LogP contribution in [0.1, 0.15) is 31.3 Å². The first-order chi connectivity index (χ1) is 6.68. The number of pyridine rings is 1. The van der Waals surface area contributed by atoms with Gasteiger partial charge >= 0.3 is 0 Å². The van der Waals surface area contributed by atoms with E-state index in [0.717, 1.165) is 22.4 Å². The Balaban J connectivity index is 2.80. The number of aryl methyl sites for hydroxylation is 1. The molecule has 0 amide bonds. The predicted molar refractivity (Wildman–Crippen MR) is 56.2 cm³/mol. The summed E-state index contributed by atoms with van der Waals surface area (Å²) < 4.78 is 0. The summed E-state index contributed by atoms with van der Waals surface area (Å²) in [6.45, 7) is 6.19. The van der Waals surface area contributed by atoms with Crippen LogP contribution in [0.15, 0.2) is 18.5 Å². The van der Waals surface area contributed by atoms with E-state index in [1.165, 1.54) is 0 Å². The van der Waals surface area contributed by atoms with E-state index >= 15 is 0 Å². The summed E-state index contributed by atoms with van der Waals surface area (Å²) in [6.07, 6.45) is 3.60. The molecule has 0 N–H and O–H groups in total. The lowest BCUT2D eigenvalue weighted by Gasteiger charge is -2.08. The summed E-state index contributed by atoms with van der Waals surface area (Å²) in [6, 6.07) is 1.93. The van der Waals surface area contributed by atoms with Gasteiger partial charge in [-0.1, -0.05) is 13.8 Å². The van der Waals surface area contributed by atoms with Gasteiger partial charge in [0.1, 0.15) is 5.82 Å². The summed E-state index contributed by atoms with van der Waals surface area (Å²) in [5, 5.41) is 1.06. The maximum Gasteiger partial charge on any atom is 0.126 e. The lowest BCUT2D eigenvalue weighted by Crippen LogP contribution is -1.99. The second-order valence-electron chi connectivity index (χ2n) is 3.70. The molecule has 0 aliphatic heterocycles. The van der Waals surface area contributed by atoms with Crippen molar-refractivity contribution in [2.45, 2.75) is 26.7 Å². The predicted octanol–water partition coefficient (Wildman–Crippen LogP) is 2.46. The summed E-state index contributed by atoms with van der Waals surface area (Å²) in [5.74, 6) is 1.23. The van der Waals surface area contributed by atoms with E-state index in [-0.39, 0.29) is 0 Å². The Hall–Kier alpha value is -1.51. The fraction of sp³-hybridized carbons (Fsp3) is 0.364. The Labute approximate surface area is 83.2 Å². The van der Waals surface area contributed by atoms with Crippen molar-refractivity contribution in [3.05, 3.63) is 30.0 Å². The molecule has 0 aliphatic rings. The number of fused-ring (bicyclic) bond motifs is 1. The fourth-order valence-corrected chi connectivity index (χ4v) is 1.56. The van der Waals surface area contributed by atoms with Crippen LogP contribution in [-0.4, -0.2) is 15.0 Å². The minimum absolute atomic E-state index is 0.406. The molecule has 3 heteroatoms. The van der Waals surface area contributed by atoms with E-state index in [0.29, 0.717) is 5.92 Å². The molecule has 72 valence electrons. The van der Waals surface area contributed by atoms with Crippen molar-refractivity contribution in [1.82, 2.24) is 15.0 Å². The molecule has 3 nitrogen and oxygen atoms in total. The lowest BCUT2D eigenvalue weighted by molar-refractivity contribution is 0.817. The van der Waals surface area contributed by atoms with E-state index in [9.17, 15) is 0 Å². The van der Waals surface area contributed by atoms with Gasteiger partial charge in [0.2, 0.25) is 0 Å². The Morgan fingerprint density at radius 2 is 2.00 bits per heavy atom. The largest absolute Gasteiger partial charge is 0.264 e. The van der Waals surface area contributed by atoms with Crippen LogP contribution in [0.2, 0.25) is 0 Å². The molecule has 0 spiro atoms. The first kappa shape index (κ1) is 9.06. The van der Waals surface area contributed by atoms with Crippen molar-refractivity contribution in [2.24, 2.45) is 0 Å². The van der Waals surface area contributed by atoms with E-state index in [1.807, 2.05) is 19.2 Å². The van der Waals surface area contributed by atoms with Crippen molar-refractivity contribution in [1.29, 1.82) is 0 Å². The van der Waals surface area contributed by atoms with Crippen molar-refractivity contribution >= 4 is 10.9 Å². The molecule has 2 aromatic heterocycles. The molecule has 2 rings (SSSR count). The maximum absolute atomic E-state index is 4.45. The number of hydrogen-bond acceptors (Lipinski definition) is 3. The second kappa shape index (κ2) is 3.33. The topological polar surface area (TPSA) is 38.7 Å². The first-order valence-corrected chi connectivity index (χ1v) is 4.76. The first-order valence-electron chi connectivity index (χ1n) is 4.76. The third kappa shape index (κ3) is 1.45. The van der Waals surface area contributed by atoms with Gasteiger partial charge in [-0.05, 0) is 18.9 Å². The van der Waals surface area contributed by atoms with Gasteiger partial charge in [0.15, 0.2) is 0 Å². The van der Waals surface area contributed by atoms with Crippen LogP contribution < -0.4 is 0 Å². The van der Waals surface area contributed by atoms with Crippen LogP contribution in [0.3, 0.4) is 0 Å². The third-order valence-corrected chi connectivity index (χ3v) is 2.19. The van der Waals surface area contributed by atoms with Crippen molar-refractivity contribution < 1.29 is 0 Å². The fourth-order valence-electron chi connectivity index (χ4n) is 1.56. The summed E-state index contributed by atoms with van der Waals surface area (Å²) in [5.41, 5.74) is 2.07. The molecule has 0 aliphatic carbocycles. The van der Waals surface area contributed by atoms with E-state index in [4.69, 9.17) is 0 Å². The van der Waals surface area contributed by atoms with Crippen molar-refractivity contribution in [3.8, 4) is 0 Å². The SMILES string of the molecule is Cc1nc(C(C)C)c2cnccc2n1. The van der Waals surface area contributed by atoms with Crippen LogP contribution in [-0.2, 0) is 0 Å². The van der Waals surface area contributed by atoms with Crippen LogP contribution in [0, 0.1) is 6.92 Å². The van der Waals surface area contributed by atoms with Crippen LogP contribution >= 0.6 is 0 Å². The monoisotopic (exact) mass is 187 g/mol. The standard InChI is InChI=1S/C11H13N3/c1-7(2)11-9-6-12-5-4-10(9)13-8(3)14-11/h4-7H,1-3H3. The van der Waals surface area contributed by atoms with Gasteiger partial charge in [0.25, 0.3) is 0 Å². The highest BCUT2D eigenvalue weighted by molar-refractivity contribution is 5.80. The maximum atomic E-state index is 4.45. The molecule has 14 heavy (non-hydrogen) atoms. The molecule has 0 saturated heterocycles. The zero-order valence-corrected chi connectivity index (χ0v) is 8.65. The van der Waals surface area contributed by atoms with Crippen LogP contribution in [0.4, 0.5) is 0 Å². The Morgan fingerprint density at radius 3 is 2.71 bits per heavy atom. The van der Waals surface area contributed by atoms with Crippen LogP contribution in [0.25, 0.3) is 10.9 Å². The van der Waals surface area contributed by atoms with Crippen LogP contribution in [0.5, 0.6) is 0 Å². The molecule has 0 unspecified atom stereocenters. The average Bonchev–Trinajstić information content (AvgIpc) is 2.16. The van der Waals surface area contributed by atoms with Crippen molar-refractivity contribution in [2.75, 3.05) is 0 Å². The Morgan fingerprint density at radius 1 is 1.21 bits per heavy atom. The molecule has 0 radical (unpaired) electrons. The molecule has 0 fully saturated rings. The molecule has 2 heterocycles. The summed E-state index contributed by atoms with van der Waals surface area (Å²) >= 11 is 0. The quantitative estimate of drug-likeness (QED) is 0.688. The van der Waals surface area contributed by atoms with Gasteiger partial charge in [-0.15, -0.1) is 0 Å². The van der Waals surface area contributed by atoms with Gasteiger partial charge in [-0.2, -0.15) is 0 Å². The highest BCUT2D eigenvalue weighted by Crippen LogP contribution is 2.21. The minimum Gasteiger partial charge on any atom is -0.264 e. The molecule has 0 atom stereocenters. The minimum atomic E-state index is 0.406. The molecule has 2 aromatic rings. The van der Waals surface area contributed by atoms with Crippen molar-refractivity contribution in [3.63, 3.8) is 0 Å². The lowest BCUT2D eigenvalue weighted by atomic mass is 10.1. The van der Waals surface area contributed by atoms with Gasteiger partial charge < -0.3 is 0 Å². The summed E-state index contributed by atoms with van der Waals surface area (Å²) in [7, 11) is 0. The van der Waals surface area contributed by atoms with E-state index < -0.39 is 0 Å². The van der Waals surface area contributed by atoms with Gasteiger partial charge in [-0.25, -0.2) is 9.97 Å². The van der Waals surface area contributed by atoms with Gasteiger partial charge in [0.05, 0.1) is 11.2 Å². The number of hydrogen-bond donors (Lipinski definition) is 0. The van der Waals surface area contributed by atoms with E-state index in [1.54, 1.807) is 6.20 Å². The highest BCUT2D eigenvalue weighted by Gasteiger charge is 2.08. The molecular weight excluding hydrogens is 174 g/mol. The number of nitrogens with zero attached hydrogens (tertiary/aromatic N) is 3. The molecule has 0 aromatic carbocycles. The zero-order valence-electron chi connectivity index (χ0n) is 8.65. The van der Waals surface area contributed by atoms with Gasteiger partial charge in [-0.3, -0.25) is 4.98 Å². The summed E-state index contributed by atoms with van der Waals surface area (Å²) in [4.78, 5) is 12.9. The van der Waals surface area contributed by atoms with E-state index in [2.05, 4.69) is 28.8 Å². The zero-order chi connectivity index (χ0) is 10.1. The van der Waals surface area contributed by atoms with Gasteiger partial charge in [0, 0.05) is 17.8 Å². The second-order valence-corrected chi connectivity index (χ2v) is 3.70. The smallest absolute Gasteiger partial charge is 0.126 e. The normalized spacial score (nSPS) is 11.1. The third-order valence-electron chi connectivity index (χ3n) is 2.19.